The zero-order valence-corrected chi connectivity index (χ0v) is 16.3. The number of nitrogens with zero attached hydrogens (tertiary/aromatic N) is 1. The summed E-state index contributed by atoms with van der Waals surface area (Å²) in [6.45, 7) is 2.00. The van der Waals surface area contributed by atoms with Gasteiger partial charge in [0.25, 0.3) is 11.1 Å². The van der Waals surface area contributed by atoms with Gasteiger partial charge in [-0.15, -0.1) is 11.3 Å². The van der Waals surface area contributed by atoms with Crippen LogP contribution in [0.2, 0.25) is 0 Å². The summed E-state index contributed by atoms with van der Waals surface area (Å²) in [4.78, 5) is 18.4. The Labute approximate surface area is 165 Å². The Morgan fingerprint density at radius 3 is 2.78 bits per heavy atom. The molecule has 27 heavy (non-hydrogen) atoms. The van der Waals surface area contributed by atoms with Crippen molar-refractivity contribution in [3.63, 3.8) is 0 Å². The van der Waals surface area contributed by atoms with E-state index >= 15 is 0 Å². The SMILES string of the molecule is CC(NC(=O)c1ccccc1CSc1nc2ccccc2o1)c1cccs1. The number of hydrogen-bond acceptors (Lipinski definition) is 5. The molecular formula is C21H18N2O2S2. The maximum absolute atomic E-state index is 12.8. The second-order valence-electron chi connectivity index (χ2n) is 6.10. The number of hydrogen-bond donors (Lipinski definition) is 1. The Bertz CT molecular complexity index is 1020. The molecule has 0 fully saturated rings. The fourth-order valence-corrected chi connectivity index (χ4v) is 4.38. The summed E-state index contributed by atoms with van der Waals surface area (Å²) in [7, 11) is 0. The lowest BCUT2D eigenvalue weighted by molar-refractivity contribution is 0.0940. The number of carbonyl (C=O) groups is 1. The molecule has 0 aliphatic heterocycles. The molecule has 1 N–H and O–H groups in total. The van der Waals surface area contributed by atoms with Crippen molar-refractivity contribution in [3.8, 4) is 0 Å². The second kappa shape index (κ2) is 7.98. The summed E-state index contributed by atoms with van der Waals surface area (Å²) >= 11 is 3.13. The largest absolute Gasteiger partial charge is 0.431 e. The normalized spacial score (nSPS) is 12.2. The van der Waals surface area contributed by atoms with Gasteiger partial charge < -0.3 is 9.73 Å². The fourth-order valence-electron chi connectivity index (χ4n) is 2.80. The summed E-state index contributed by atoms with van der Waals surface area (Å²) in [6.07, 6.45) is 0. The van der Waals surface area contributed by atoms with Crippen LogP contribution in [0.5, 0.6) is 0 Å². The third-order valence-corrected chi connectivity index (χ3v) is 6.14. The minimum absolute atomic E-state index is 0.0183. The number of carbonyl (C=O) groups excluding carboxylic acids is 1. The van der Waals surface area contributed by atoms with Crippen molar-refractivity contribution in [2.24, 2.45) is 0 Å². The molecule has 4 nitrogen and oxygen atoms in total. The summed E-state index contributed by atoms with van der Waals surface area (Å²) < 4.78 is 5.76. The van der Waals surface area contributed by atoms with Crippen molar-refractivity contribution in [1.82, 2.24) is 10.3 Å². The van der Waals surface area contributed by atoms with Crippen molar-refractivity contribution in [2.75, 3.05) is 0 Å². The number of benzene rings is 2. The molecule has 2 heterocycles. The lowest BCUT2D eigenvalue weighted by Gasteiger charge is -2.14. The molecule has 0 saturated heterocycles. The number of rotatable bonds is 6. The highest BCUT2D eigenvalue weighted by Crippen LogP contribution is 2.27. The molecule has 2 aromatic heterocycles. The van der Waals surface area contributed by atoms with E-state index < -0.39 is 0 Å². The van der Waals surface area contributed by atoms with Crippen LogP contribution in [0.1, 0.15) is 33.8 Å². The Balaban J connectivity index is 1.48. The molecule has 6 heteroatoms. The monoisotopic (exact) mass is 394 g/mol. The Morgan fingerprint density at radius 2 is 1.96 bits per heavy atom. The second-order valence-corrected chi connectivity index (χ2v) is 8.01. The summed E-state index contributed by atoms with van der Waals surface area (Å²) in [5, 5.41) is 5.71. The molecule has 2 aromatic carbocycles. The molecule has 4 aromatic rings. The summed E-state index contributed by atoms with van der Waals surface area (Å²) in [5.74, 6) is 0.550. The highest BCUT2D eigenvalue weighted by Gasteiger charge is 2.16. The quantitative estimate of drug-likeness (QED) is 0.428. The van der Waals surface area contributed by atoms with Gasteiger partial charge in [0.05, 0.1) is 6.04 Å². The number of thiophene rings is 1. The van der Waals surface area contributed by atoms with E-state index in [-0.39, 0.29) is 11.9 Å². The van der Waals surface area contributed by atoms with Gasteiger partial charge in [-0.05, 0) is 42.1 Å². The Kier molecular flexibility index (Phi) is 5.27. The molecule has 1 amide bonds. The molecule has 0 saturated carbocycles. The van der Waals surface area contributed by atoms with E-state index in [0.29, 0.717) is 16.5 Å². The third kappa shape index (κ3) is 4.07. The number of thioether (sulfide) groups is 1. The molecule has 136 valence electrons. The van der Waals surface area contributed by atoms with Gasteiger partial charge in [-0.1, -0.05) is 48.2 Å². The molecule has 0 spiro atoms. The van der Waals surface area contributed by atoms with Gasteiger partial charge in [-0.2, -0.15) is 0 Å². The molecular weight excluding hydrogens is 376 g/mol. The Morgan fingerprint density at radius 1 is 1.15 bits per heavy atom. The fraction of sp³-hybridized carbons (Fsp3) is 0.143. The van der Waals surface area contributed by atoms with E-state index in [2.05, 4.69) is 10.3 Å². The number of fused-ring (bicyclic) bond motifs is 1. The first-order chi connectivity index (χ1) is 13.2. The zero-order chi connectivity index (χ0) is 18.6. The lowest BCUT2D eigenvalue weighted by atomic mass is 10.1. The van der Waals surface area contributed by atoms with Crippen LogP contribution in [0.25, 0.3) is 11.1 Å². The van der Waals surface area contributed by atoms with E-state index in [1.54, 1.807) is 11.3 Å². The van der Waals surface area contributed by atoms with Crippen LogP contribution in [0.15, 0.2) is 75.7 Å². The van der Waals surface area contributed by atoms with Crippen molar-refractivity contribution in [2.45, 2.75) is 23.9 Å². The van der Waals surface area contributed by atoms with Crippen LogP contribution in [0, 0.1) is 0 Å². The zero-order valence-electron chi connectivity index (χ0n) is 14.7. The Hall–Kier alpha value is -2.57. The van der Waals surface area contributed by atoms with Gasteiger partial charge in [0.2, 0.25) is 0 Å². The van der Waals surface area contributed by atoms with Gasteiger partial charge in [0, 0.05) is 16.2 Å². The predicted molar refractivity (Wildman–Crippen MR) is 110 cm³/mol. The van der Waals surface area contributed by atoms with Gasteiger partial charge in [-0.3, -0.25) is 4.79 Å². The smallest absolute Gasteiger partial charge is 0.257 e. The highest BCUT2D eigenvalue weighted by atomic mass is 32.2. The average Bonchev–Trinajstić information content (AvgIpc) is 3.36. The first-order valence-corrected chi connectivity index (χ1v) is 10.5. The van der Waals surface area contributed by atoms with Gasteiger partial charge in [0.15, 0.2) is 5.58 Å². The molecule has 4 rings (SSSR count). The van der Waals surface area contributed by atoms with Crippen molar-refractivity contribution in [1.29, 1.82) is 0 Å². The maximum Gasteiger partial charge on any atom is 0.257 e. The first-order valence-electron chi connectivity index (χ1n) is 8.61. The number of para-hydroxylation sites is 2. The first kappa shape index (κ1) is 17.8. The lowest BCUT2D eigenvalue weighted by Crippen LogP contribution is -2.27. The van der Waals surface area contributed by atoms with Gasteiger partial charge in [0.1, 0.15) is 5.52 Å². The van der Waals surface area contributed by atoms with Crippen molar-refractivity contribution < 1.29 is 9.21 Å². The minimum atomic E-state index is -0.0651. The standard InChI is InChI=1S/C21H18N2O2S2/c1-14(19-11-6-12-26-19)22-20(24)16-8-3-2-7-15(16)13-27-21-23-17-9-4-5-10-18(17)25-21/h2-12,14H,13H2,1H3,(H,22,24). The van der Waals surface area contributed by atoms with Gasteiger partial charge >= 0.3 is 0 Å². The van der Waals surface area contributed by atoms with Crippen LogP contribution in [-0.4, -0.2) is 10.9 Å². The third-order valence-electron chi connectivity index (χ3n) is 4.20. The average molecular weight is 395 g/mol. The van der Waals surface area contributed by atoms with Crippen molar-refractivity contribution in [3.05, 3.63) is 82.0 Å². The molecule has 0 radical (unpaired) electrons. The molecule has 1 unspecified atom stereocenters. The minimum Gasteiger partial charge on any atom is -0.431 e. The van der Waals surface area contributed by atoms with E-state index in [4.69, 9.17) is 4.42 Å². The topological polar surface area (TPSA) is 55.1 Å². The molecule has 0 bridgehead atoms. The van der Waals surface area contributed by atoms with E-state index in [0.717, 1.165) is 21.5 Å². The van der Waals surface area contributed by atoms with E-state index in [9.17, 15) is 4.79 Å². The maximum atomic E-state index is 12.8. The number of amides is 1. The highest BCUT2D eigenvalue weighted by molar-refractivity contribution is 7.98. The molecule has 0 aliphatic carbocycles. The predicted octanol–water partition coefficient (Wildman–Crippen LogP) is 5.67. The summed E-state index contributed by atoms with van der Waals surface area (Å²) in [6, 6.07) is 19.4. The van der Waals surface area contributed by atoms with E-state index in [1.165, 1.54) is 11.8 Å². The van der Waals surface area contributed by atoms with Crippen LogP contribution < -0.4 is 5.32 Å². The molecule has 0 aliphatic rings. The van der Waals surface area contributed by atoms with E-state index in [1.807, 2.05) is 73.0 Å². The number of nitrogens with one attached hydrogen (secondary N) is 1. The van der Waals surface area contributed by atoms with Crippen LogP contribution >= 0.6 is 23.1 Å². The van der Waals surface area contributed by atoms with Crippen LogP contribution in [0.3, 0.4) is 0 Å². The molecule has 1 atom stereocenters. The summed E-state index contributed by atoms with van der Waals surface area (Å²) in [5.41, 5.74) is 3.26. The van der Waals surface area contributed by atoms with Crippen LogP contribution in [0.4, 0.5) is 0 Å². The number of aromatic nitrogens is 1. The van der Waals surface area contributed by atoms with Crippen molar-refractivity contribution >= 4 is 40.1 Å². The van der Waals surface area contributed by atoms with Gasteiger partial charge in [-0.25, -0.2) is 4.98 Å². The van der Waals surface area contributed by atoms with Crippen LogP contribution in [-0.2, 0) is 5.75 Å². The number of oxazole rings is 1.